The average Bonchev–Trinajstić information content (AvgIpc) is 3.61. The molecule has 0 saturated carbocycles. The highest BCUT2D eigenvalue weighted by Gasteiger charge is 2.75. The first-order chi connectivity index (χ1) is 22.4. The summed E-state index contributed by atoms with van der Waals surface area (Å²) in [6.45, 7) is 5.09. The van der Waals surface area contributed by atoms with Crippen LogP contribution in [-0.4, -0.2) is 97.7 Å². The third-order valence-electron chi connectivity index (χ3n) is 9.76. The smallest absolute Gasteiger partial charge is 0.250 e. The minimum atomic E-state index is -1.38. The molecule has 2 fully saturated rings. The fourth-order valence-corrected chi connectivity index (χ4v) is 7.72. The van der Waals surface area contributed by atoms with Gasteiger partial charge in [-0.25, -0.2) is 4.68 Å². The molecule has 7 rings (SSSR count). The van der Waals surface area contributed by atoms with Crippen LogP contribution >= 0.6 is 0 Å². The molecule has 5 atom stereocenters. The van der Waals surface area contributed by atoms with Gasteiger partial charge in [-0.2, -0.15) is 0 Å². The van der Waals surface area contributed by atoms with Gasteiger partial charge in [-0.05, 0) is 56.2 Å². The summed E-state index contributed by atoms with van der Waals surface area (Å²) < 4.78 is 14.3. The van der Waals surface area contributed by atoms with E-state index >= 15 is 0 Å². The van der Waals surface area contributed by atoms with E-state index in [1.54, 1.807) is 14.5 Å². The van der Waals surface area contributed by atoms with Gasteiger partial charge in [-0.15, -0.1) is 5.10 Å². The van der Waals surface area contributed by atoms with E-state index in [1.807, 2.05) is 86.7 Å². The zero-order valence-corrected chi connectivity index (χ0v) is 26.0. The largest absolute Gasteiger partial charge is 0.494 e. The van der Waals surface area contributed by atoms with Crippen LogP contribution in [-0.2, 0) is 25.8 Å². The van der Waals surface area contributed by atoms with Gasteiger partial charge in [-0.3, -0.25) is 14.4 Å². The van der Waals surface area contributed by atoms with Crippen molar-refractivity contribution in [1.29, 1.82) is 0 Å². The van der Waals surface area contributed by atoms with Crippen molar-refractivity contribution in [1.82, 2.24) is 24.8 Å². The van der Waals surface area contributed by atoms with E-state index in [9.17, 15) is 19.5 Å². The molecular weight excluding hydrogens is 588 g/mol. The number of carbonyl (C=O) groups is 3. The SMILES string of the molecule is CCOc1ccc(N2CC=C[C@]3(CC)O[C@]45C=CCN(Cn6nnc7ccccc76)C(=O)C4N(CCCO)C(=O)[C@@H]5[C@@H]3C2=O)cc1. The minimum absolute atomic E-state index is 0.121. The molecule has 1 unspecified atom stereocenters. The molecule has 5 heterocycles. The van der Waals surface area contributed by atoms with E-state index < -0.39 is 29.1 Å². The molecule has 1 aromatic heterocycles. The number of amides is 3. The maximum absolute atomic E-state index is 14.7. The standard InChI is InChI=1S/C34H38N6O6/c1-3-33-16-7-19-38(23-12-14-24(15-13-23)45-4-2)30(42)27(33)28-31(43)39(20-9-21-41)29-32(44)37(18-8-17-34(28,29)46-33)22-40-26-11-6-5-10-25(26)35-36-40/h5-8,10-17,27-29,41H,3-4,9,18-22H2,1-2H3/t27-,28+,29?,33+,34+/m1/s1. The van der Waals surface area contributed by atoms with Gasteiger partial charge in [0.2, 0.25) is 11.8 Å². The summed E-state index contributed by atoms with van der Waals surface area (Å²) >= 11 is 0. The lowest BCUT2D eigenvalue weighted by molar-refractivity contribution is -0.153. The molecule has 1 spiro atoms. The highest BCUT2D eigenvalue weighted by Crippen LogP contribution is 2.58. The van der Waals surface area contributed by atoms with Crippen LogP contribution in [0, 0.1) is 11.8 Å². The normalized spacial score (nSPS) is 28.8. The number of likely N-dealkylation sites (tertiary alicyclic amines) is 1. The Morgan fingerprint density at radius 3 is 2.50 bits per heavy atom. The van der Waals surface area contributed by atoms with Gasteiger partial charge in [0.1, 0.15) is 29.6 Å². The molecule has 1 N–H and O–H groups in total. The fraction of sp³-hybridized carbons (Fsp3) is 0.441. The van der Waals surface area contributed by atoms with Crippen LogP contribution in [0.2, 0.25) is 0 Å². The first kappa shape index (κ1) is 30.1. The van der Waals surface area contributed by atoms with Crippen LogP contribution in [0.3, 0.4) is 0 Å². The third kappa shape index (κ3) is 4.53. The molecular formula is C34H38N6O6. The van der Waals surface area contributed by atoms with Crippen LogP contribution in [0.1, 0.15) is 26.7 Å². The number of aliphatic hydroxyl groups is 1. The van der Waals surface area contributed by atoms with E-state index in [4.69, 9.17) is 9.47 Å². The number of anilines is 1. The van der Waals surface area contributed by atoms with Crippen LogP contribution < -0.4 is 9.64 Å². The maximum Gasteiger partial charge on any atom is 0.250 e. The van der Waals surface area contributed by atoms with Crippen LogP contribution in [0.15, 0.2) is 72.8 Å². The van der Waals surface area contributed by atoms with Crippen molar-refractivity contribution < 1.29 is 29.0 Å². The second-order valence-electron chi connectivity index (χ2n) is 12.2. The van der Waals surface area contributed by atoms with Gasteiger partial charge in [0.05, 0.1) is 29.6 Å². The molecule has 2 saturated heterocycles. The second-order valence-corrected chi connectivity index (χ2v) is 12.2. The summed E-state index contributed by atoms with van der Waals surface area (Å²) in [5, 5.41) is 18.3. The van der Waals surface area contributed by atoms with Crippen molar-refractivity contribution >= 4 is 34.4 Å². The minimum Gasteiger partial charge on any atom is -0.494 e. The summed E-state index contributed by atoms with van der Waals surface area (Å²) in [4.78, 5) is 48.7. The lowest BCUT2D eigenvalue weighted by Gasteiger charge is -2.38. The Kier molecular flexibility index (Phi) is 7.64. The Morgan fingerprint density at radius 2 is 1.74 bits per heavy atom. The number of benzene rings is 2. The molecule has 0 aliphatic carbocycles. The summed E-state index contributed by atoms with van der Waals surface area (Å²) in [6, 6.07) is 13.8. The predicted octanol–water partition coefficient (Wildman–Crippen LogP) is 2.53. The summed E-state index contributed by atoms with van der Waals surface area (Å²) in [5.74, 6) is -1.97. The highest BCUT2D eigenvalue weighted by molar-refractivity contribution is 6.04. The van der Waals surface area contributed by atoms with Gasteiger partial charge in [0, 0.05) is 31.9 Å². The molecule has 12 heteroatoms. The van der Waals surface area contributed by atoms with Crippen LogP contribution in [0.5, 0.6) is 5.75 Å². The molecule has 2 aromatic carbocycles. The molecule has 3 amide bonds. The lowest BCUT2D eigenvalue weighted by atomic mass is 9.73. The van der Waals surface area contributed by atoms with Crippen molar-refractivity contribution in [2.45, 2.75) is 50.6 Å². The molecule has 4 aliphatic heterocycles. The van der Waals surface area contributed by atoms with Crippen molar-refractivity contribution in [2.24, 2.45) is 11.8 Å². The van der Waals surface area contributed by atoms with Gasteiger partial charge >= 0.3 is 0 Å². The first-order valence-corrected chi connectivity index (χ1v) is 16.0. The van der Waals surface area contributed by atoms with Gasteiger partial charge in [-0.1, -0.05) is 48.6 Å². The molecule has 46 heavy (non-hydrogen) atoms. The predicted molar refractivity (Wildman–Crippen MR) is 169 cm³/mol. The molecule has 12 nitrogen and oxygen atoms in total. The average molecular weight is 627 g/mol. The van der Waals surface area contributed by atoms with E-state index in [1.165, 1.54) is 4.90 Å². The van der Waals surface area contributed by atoms with Crippen molar-refractivity contribution in [2.75, 3.05) is 37.7 Å². The lowest BCUT2D eigenvalue weighted by Crippen LogP contribution is -2.56. The van der Waals surface area contributed by atoms with Crippen LogP contribution in [0.4, 0.5) is 5.69 Å². The topological polar surface area (TPSA) is 130 Å². The quantitative estimate of drug-likeness (QED) is 0.359. The van der Waals surface area contributed by atoms with E-state index in [0.29, 0.717) is 36.5 Å². The Hall–Kier alpha value is -4.55. The van der Waals surface area contributed by atoms with Gasteiger partial charge in [0.15, 0.2) is 0 Å². The fourth-order valence-electron chi connectivity index (χ4n) is 7.72. The first-order valence-electron chi connectivity index (χ1n) is 16.0. The molecule has 0 radical (unpaired) electrons. The van der Waals surface area contributed by atoms with Gasteiger partial charge in [0.25, 0.3) is 5.91 Å². The summed E-state index contributed by atoms with van der Waals surface area (Å²) in [5.41, 5.74) is -0.302. The Balaban J connectivity index is 1.28. The van der Waals surface area contributed by atoms with Crippen molar-refractivity contribution in [3.8, 4) is 5.75 Å². The molecule has 4 aliphatic rings. The Labute approximate surface area is 266 Å². The summed E-state index contributed by atoms with van der Waals surface area (Å²) in [7, 11) is 0. The number of nitrogens with zero attached hydrogens (tertiary/aromatic N) is 6. The number of para-hydroxylation sites is 1. The number of fused-ring (bicyclic) bond motifs is 3. The maximum atomic E-state index is 14.7. The summed E-state index contributed by atoms with van der Waals surface area (Å²) in [6.07, 6.45) is 8.25. The van der Waals surface area contributed by atoms with Crippen molar-refractivity contribution in [3.05, 3.63) is 72.8 Å². The number of rotatable bonds is 9. The number of aliphatic hydroxyl groups excluding tert-OH is 1. The number of carbonyl (C=O) groups excluding carboxylic acids is 3. The van der Waals surface area contributed by atoms with Crippen molar-refractivity contribution in [3.63, 3.8) is 0 Å². The molecule has 0 bridgehead atoms. The third-order valence-corrected chi connectivity index (χ3v) is 9.76. The number of aromatic nitrogens is 3. The Bertz CT molecular complexity index is 1720. The van der Waals surface area contributed by atoms with E-state index in [-0.39, 0.29) is 50.5 Å². The molecule has 3 aromatic rings. The zero-order valence-electron chi connectivity index (χ0n) is 26.0. The highest BCUT2D eigenvalue weighted by atomic mass is 16.5. The van der Waals surface area contributed by atoms with E-state index in [0.717, 1.165) is 5.52 Å². The molecule has 240 valence electrons. The zero-order chi connectivity index (χ0) is 32.1. The number of hydrogen-bond acceptors (Lipinski definition) is 8. The number of hydrogen-bond donors (Lipinski definition) is 1. The Morgan fingerprint density at radius 1 is 0.957 bits per heavy atom. The van der Waals surface area contributed by atoms with E-state index in [2.05, 4.69) is 10.3 Å². The van der Waals surface area contributed by atoms with Crippen LogP contribution in [0.25, 0.3) is 11.0 Å². The number of ether oxygens (including phenoxy) is 2. The van der Waals surface area contributed by atoms with Gasteiger partial charge < -0.3 is 29.3 Å². The monoisotopic (exact) mass is 626 g/mol. The second kappa shape index (κ2) is 11.7.